The summed E-state index contributed by atoms with van der Waals surface area (Å²) in [6.07, 6.45) is 2.71. The Morgan fingerprint density at radius 3 is 2.57 bits per heavy atom. The molecule has 0 bridgehead atoms. The number of hydrogen-bond acceptors (Lipinski definition) is 2. The van der Waals surface area contributed by atoms with E-state index >= 15 is 0 Å². The molecule has 1 fully saturated rings. The van der Waals surface area contributed by atoms with Crippen molar-refractivity contribution in [2.75, 3.05) is 7.05 Å². The van der Waals surface area contributed by atoms with E-state index in [1.807, 2.05) is 11.3 Å². The molecule has 0 aromatic carbocycles. The van der Waals surface area contributed by atoms with E-state index in [2.05, 4.69) is 48.2 Å². The summed E-state index contributed by atoms with van der Waals surface area (Å²) in [4.78, 5) is 2.85. The van der Waals surface area contributed by atoms with E-state index in [1.54, 1.807) is 0 Å². The van der Waals surface area contributed by atoms with Crippen LogP contribution in [0, 0.1) is 12.3 Å². The van der Waals surface area contributed by atoms with E-state index < -0.39 is 0 Å². The van der Waals surface area contributed by atoms with Gasteiger partial charge in [-0.25, -0.2) is 0 Å². The van der Waals surface area contributed by atoms with Gasteiger partial charge in [0.2, 0.25) is 0 Å². The van der Waals surface area contributed by atoms with Crippen molar-refractivity contribution in [3.8, 4) is 0 Å². The fourth-order valence-corrected chi connectivity index (χ4v) is 3.79. The normalized spacial score (nSPS) is 20.9. The standard InChI is InChI=1S/C11H16BrNS/c1-7-8(12)6-9(14-7)10(13-3)11(2)4-5-11/h6,10,13H,4-5H2,1-3H3. The number of hydrogen-bond donors (Lipinski definition) is 1. The third kappa shape index (κ3) is 1.77. The molecule has 1 nitrogen and oxygen atoms in total. The molecular formula is C11H16BrNS. The fourth-order valence-electron chi connectivity index (χ4n) is 1.94. The van der Waals surface area contributed by atoms with Crippen molar-refractivity contribution >= 4 is 27.3 Å². The monoisotopic (exact) mass is 273 g/mol. The Hall–Kier alpha value is 0.140. The number of nitrogens with one attached hydrogen (secondary N) is 1. The number of halogens is 1. The zero-order valence-electron chi connectivity index (χ0n) is 8.86. The average molecular weight is 274 g/mol. The highest BCUT2D eigenvalue weighted by atomic mass is 79.9. The third-order valence-corrected chi connectivity index (χ3v) is 5.39. The van der Waals surface area contributed by atoms with Crippen molar-refractivity contribution < 1.29 is 0 Å². The van der Waals surface area contributed by atoms with Crippen molar-refractivity contribution in [2.24, 2.45) is 5.41 Å². The van der Waals surface area contributed by atoms with Crippen LogP contribution in [0.15, 0.2) is 10.5 Å². The predicted molar refractivity (Wildman–Crippen MR) is 65.9 cm³/mol. The van der Waals surface area contributed by atoms with Crippen LogP contribution in [0.2, 0.25) is 0 Å². The Balaban J connectivity index is 2.27. The average Bonchev–Trinajstić information content (AvgIpc) is 2.76. The first kappa shape index (κ1) is 10.7. The molecule has 1 saturated carbocycles. The summed E-state index contributed by atoms with van der Waals surface area (Å²) < 4.78 is 1.25. The molecule has 1 aliphatic carbocycles. The highest BCUT2D eigenvalue weighted by Gasteiger charge is 2.45. The lowest BCUT2D eigenvalue weighted by atomic mass is 9.98. The topological polar surface area (TPSA) is 12.0 Å². The molecule has 14 heavy (non-hydrogen) atoms. The van der Waals surface area contributed by atoms with Crippen LogP contribution in [0.5, 0.6) is 0 Å². The summed E-state index contributed by atoms with van der Waals surface area (Å²) in [6.45, 7) is 4.54. The highest BCUT2D eigenvalue weighted by molar-refractivity contribution is 9.10. The summed E-state index contributed by atoms with van der Waals surface area (Å²) >= 11 is 5.49. The summed E-state index contributed by atoms with van der Waals surface area (Å²) in [7, 11) is 2.07. The Morgan fingerprint density at radius 2 is 2.21 bits per heavy atom. The number of aryl methyl sites for hydroxylation is 1. The second-order valence-electron chi connectivity index (χ2n) is 4.43. The first-order chi connectivity index (χ1) is 6.57. The third-order valence-electron chi connectivity index (χ3n) is 3.19. The number of thiophene rings is 1. The van der Waals surface area contributed by atoms with Gasteiger partial charge in [-0.05, 0) is 54.2 Å². The minimum absolute atomic E-state index is 0.505. The lowest BCUT2D eigenvalue weighted by molar-refractivity contribution is 0.396. The van der Waals surface area contributed by atoms with Gasteiger partial charge in [0.1, 0.15) is 0 Å². The van der Waals surface area contributed by atoms with Crippen LogP contribution in [0.25, 0.3) is 0 Å². The van der Waals surface area contributed by atoms with Gasteiger partial charge in [-0.3, -0.25) is 0 Å². The largest absolute Gasteiger partial charge is 0.312 e. The van der Waals surface area contributed by atoms with Gasteiger partial charge in [-0.1, -0.05) is 6.92 Å². The summed E-state index contributed by atoms with van der Waals surface area (Å²) in [5.41, 5.74) is 0.505. The minimum atomic E-state index is 0.505. The van der Waals surface area contributed by atoms with E-state index in [1.165, 1.54) is 27.1 Å². The van der Waals surface area contributed by atoms with Crippen molar-refractivity contribution in [1.82, 2.24) is 5.32 Å². The zero-order chi connectivity index (χ0) is 10.3. The maximum Gasteiger partial charge on any atom is 0.0467 e. The maximum absolute atomic E-state index is 3.58. The van der Waals surface area contributed by atoms with Crippen molar-refractivity contribution in [3.63, 3.8) is 0 Å². The van der Waals surface area contributed by atoms with Crippen LogP contribution in [-0.2, 0) is 0 Å². The van der Waals surface area contributed by atoms with Gasteiger partial charge < -0.3 is 5.32 Å². The molecule has 1 aromatic heterocycles. The van der Waals surface area contributed by atoms with E-state index in [9.17, 15) is 0 Å². The second kappa shape index (κ2) is 3.62. The second-order valence-corrected chi connectivity index (χ2v) is 6.57. The van der Waals surface area contributed by atoms with E-state index in [-0.39, 0.29) is 0 Å². The van der Waals surface area contributed by atoms with Crippen LogP contribution in [0.1, 0.15) is 35.6 Å². The molecule has 1 aliphatic rings. The fraction of sp³-hybridized carbons (Fsp3) is 0.636. The van der Waals surface area contributed by atoms with Crippen LogP contribution in [-0.4, -0.2) is 7.05 Å². The van der Waals surface area contributed by atoms with Crippen LogP contribution < -0.4 is 5.32 Å². The van der Waals surface area contributed by atoms with Crippen LogP contribution in [0.3, 0.4) is 0 Å². The van der Waals surface area contributed by atoms with Crippen molar-refractivity contribution in [1.29, 1.82) is 0 Å². The molecule has 1 aromatic rings. The Morgan fingerprint density at radius 1 is 1.57 bits per heavy atom. The lowest BCUT2D eigenvalue weighted by Crippen LogP contribution is -2.23. The number of rotatable bonds is 3. The Kier molecular flexibility index (Phi) is 2.75. The van der Waals surface area contributed by atoms with E-state index in [0.29, 0.717) is 11.5 Å². The smallest absolute Gasteiger partial charge is 0.0467 e. The minimum Gasteiger partial charge on any atom is -0.312 e. The van der Waals surface area contributed by atoms with Crippen molar-refractivity contribution in [3.05, 3.63) is 20.3 Å². The molecule has 0 saturated heterocycles. The summed E-state index contributed by atoms with van der Waals surface area (Å²) in [5.74, 6) is 0. The Labute approximate surface area is 98.0 Å². The molecule has 3 heteroatoms. The predicted octanol–water partition coefficient (Wildman–Crippen LogP) is 3.88. The van der Waals surface area contributed by atoms with Crippen molar-refractivity contribution in [2.45, 2.75) is 32.7 Å². The molecule has 1 unspecified atom stereocenters. The van der Waals surface area contributed by atoms with Gasteiger partial charge in [-0.15, -0.1) is 11.3 Å². The molecule has 1 heterocycles. The van der Waals surface area contributed by atoms with E-state index in [4.69, 9.17) is 0 Å². The molecule has 1 atom stereocenters. The molecule has 0 aliphatic heterocycles. The van der Waals surface area contributed by atoms with Gasteiger partial charge in [0.15, 0.2) is 0 Å². The van der Waals surface area contributed by atoms with Gasteiger partial charge in [-0.2, -0.15) is 0 Å². The molecular weight excluding hydrogens is 258 g/mol. The molecule has 0 amide bonds. The summed E-state index contributed by atoms with van der Waals surface area (Å²) in [6, 6.07) is 2.81. The molecule has 2 rings (SSSR count). The van der Waals surface area contributed by atoms with Crippen LogP contribution in [0.4, 0.5) is 0 Å². The SMILES string of the molecule is CNC(c1cc(Br)c(C)s1)C1(C)CC1. The quantitative estimate of drug-likeness (QED) is 0.882. The molecule has 78 valence electrons. The Bertz CT molecular complexity index is 322. The first-order valence-corrected chi connectivity index (χ1v) is 6.61. The van der Waals surface area contributed by atoms with E-state index in [0.717, 1.165) is 0 Å². The first-order valence-electron chi connectivity index (χ1n) is 5.00. The lowest BCUT2D eigenvalue weighted by Gasteiger charge is -2.21. The van der Waals surface area contributed by atoms with Gasteiger partial charge >= 0.3 is 0 Å². The molecule has 0 radical (unpaired) electrons. The van der Waals surface area contributed by atoms with Crippen LogP contribution >= 0.6 is 27.3 Å². The molecule has 1 N–H and O–H groups in total. The zero-order valence-corrected chi connectivity index (χ0v) is 11.3. The highest BCUT2D eigenvalue weighted by Crippen LogP contribution is 2.55. The van der Waals surface area contributed by atoms with Gasteiger partial charge in [0.05, 0.1) is 0 Å². The van der Waals surface area contributed by atoms with Gasteiger partial charge in [0.25, 0.3) is 0 Å². The van der Waals surface area contributed by atoms with Gasteiger partial charge in [0, 0.05) is 20.3 Å². The molecule has 0 spiro atoms. The maximum atomic E-state index is 3.58. The summed E-state index contributed by atoms with van der Waals surface area (Å²) in [5, 5.41) is 3.45.